The quantitative estimate of drug-likeness (QED) is 0.466. The molecule has 1 aromatic heterocycles. The van der Waals surface area contributed by atoms with Gasteiger partial charge in [0.2, 0.25) is 5.43 Å². The number of carboxylic acid groups (broad SMARTS) is 1. The van der Waals surface area contributed by atoms with Crippen LogP contribution in [0.2, 0.25) is 0 Å². The van der Waals surface area contributed by atoms with Crippen molar-refractivity contribution >= 4 is 50.1 Å². The molecular weight excluding hydrogens is 432 g/mol. The Labute approximate surface area is 169 Å². The van der Waals surface area contributed by atoms with E-state index in [-0.39, 0.29) is 5.56 Å². The maximum Gasteiger partial charge on any atom is 0.341 e. The van der Waals surface area contributed by atoms with Gasteiger partial charge >= 0.3 is 5.97 Å². The van der Waals surface area contributed by atoms with Gasteiger partial charge in [0, 0.05) is 39.7 Å². The largest absolute Gasteiger partial charge is 0.477 e. The molecule has 3 aromatic rings. The zero-order chi connectivity index (χ0) is 19.4. The van der Waals surface area contributed by atoms with Crippen molar-refractivity contribution in [3.8, 4) is 0 Å². The lowest BCUT2D eigenvalue weighted by molar-refractivity contribution is 0.0695. The summed E-state index contributed by atoms with van der Waals surface area (Å²) in [4.78, 5) is 26.6. The number of aromatic amines is 1. The lowest BCUT2D eigenvalue weighted by Gasteiger charge is -2.13. The normalized spacial score (nSPS) is 10.9. The lowest BCUT2D eigenvalue weighted by atomic mass is 10.0. The van der Waals surface area contributed by atoms with E-state index in [0.29, 0.717) is 29.7 Å². The maximum atomic E-state index is 12.5. The van der Waals surface area contributed by atoms with Gasteiger partial charge < -0.3 is 15.4 Å². The predicted octanol–water partition coefficient (Wildman–Crippen LogP) is 4.42. The van der Waals surface area contributed by atoms with E-state index < -0.39 is 11.4 Å². The van der Waals surface area contributed by atoms with Crippen LogP contribution in [-0.4, -0.2) is 28.5 Å². The maximum absolute atomic E-state index is 12.5. The van der Waals surface area contributed by atoms with Crippen molar-refractivity contribution < 1.29 is 9.90 Å². The van der Waals surface area contributed by atoms with Gasteiger partial charge in [-0.05, 0) is 48.2 Å². The average Bonchev–Trinajstić information content (AvgIpc) is 2.64. The number of H-pyrrole nitrogens is 1. The van der Waals surface area contributed by atoms with Crippen molar-refractivity contribution in [2.24, 2.45) is 0 Å². The molecule has 0 aliphatic carbocycles. The number of aromatic carboxylic acids is 1. The summed E-state index contributed by atoms with van der Waals surface area (Å²) in [6.45, 7) is 0.680. The third-order valence-electron chi connectivity index (χ3n) is 4.34. The number of benzene rings is 2. The first kappa shape index (κ1) is 19.5. The number of alkyl halides is 1. The number of hydrogen-bond donors (Lipinski definition) is 3. The highest BCUT2D eigenvalue weighted by atomic mass is 79.9. The fourth-order valence-electron chi connectivity index (χ4n) is 2.94. The molecule has 0 aliphatic heterocycles. The van der Waals surface area contributed by atoms with Gasteiger partial charge in [-0.25, -0.2) is 4.79 Å². The van der Waals surface area contributed by atoms with E-state index >= 15 is 0 Å². The highest BCUT2D eigenvalue weighted by molar-refractivity contribution is 9.10. The molecule has 2 aromatic carbocycles. The molecule has 1 heterocycles. The number of carboxylic acids is 1. The SMILES string of the molecule is O=C(O)c1c[nH]c2cc(CCCl)c(NCCc3ccc(Br)cc3)cc2c1=O. The Morgan fingerprint density at radius 2 is 1.93 bits per heavy atom. The summed E-state index contributed by atoms with van der Waals surface area (Å²) in [6, 6.07) is 11.7. The van der Waals surface area contributed by atoms with Gasteiger partial charge in [0.25, 0.3) is 0 Å². The zero-order valence-electron chi connectivity index (χ0n) is 14.4. The summed E-state index contributed by atoms with van der Waals surface area (Å²) in [5.74, 6) is -0.794. The minimum absolute atomic E-state index is 0.270. The number of anilines is 1. The number of fused-ring (bicyclic) bond motifs is 1. The Kier molecular flexibility index (Phi) is 6.19. The molecule has 140 valence electrons. The van der Waals surface area contributed by atoms with Gasteiger partial charge in [-0.15, -0.1) is 11.6 Å². The van der Waals surface area contributed by atoms with Crippen molar-refractivity contribution in [1.82, 2.24) is 4.98 Å². The molecule has 0 fully saturated rings. The van der Waals surface area contributed by atoms with Crippen LogP contribution in [0.15, 0.2) is 51.9 Å². The van der Waals surface area contributed by atoms with Crippen LogP contribution in [0, 0.1) is 0 Å². The van der Waals surface area contributed by atoms with Gasteiger partial charge in [-0.3, -0.25) is 4.79 Å². The second kappa shape index (κ2) is 8.59. The van der Waals surface area contributed by atoms with Crippen LogP contribution in [0.5, 0.6) is 0 Å². The standard InChI is InChI=1S/C20H18BrClN2O3/c21-14-3-1-12(2-4-14)6-8-23-17-10-15-18(9-13(17)5-7-22)24-11-16(19(15)25)20(26)27/h1-4,9-11,23H,5-8H2,(H,24,25)(H,26,27). The molecule has 3 N–H and O–H groups in total. The van der Waals surface area contributed by atoms with Crippen LogP contribution < -0.4 is 10.7 Å². The Hall–Kier alpha value is -2.31. The van der Waals surface area contributed by atoms with Crippen LogP contribution in [-0.2, 0) is 12.8 Å². The van der Waals surface area contributed by atoms with E-state index in [9.17, 15) is 9.59 Å². The smallest absolute Gasteiger partial charge is 0.341 e. The summed E-state index contributed by atoms with van der Waals surface area (Å²) >= 11 is 9.34. The van der Waals surface area contributed by atoms with Gasteiger partial charge in [-0.1, -0.05) is 28.1 Å². The fourth-order valence-corrected chi connectivity index (χ4v) is 3.40. The molecule has 3 rings (SSSR count). The molecule has 0 amide bonds. The molecule has 0 unspecified atom stereocenters. The van der Waals surface area contributed by atoms with Crippen molar-refractivity contribution in [3.63, 3.8) is 0 Å². The number of nitrogens with one attached hydrogen (secondary N) is 2. The van der Waals surface area contributed by atoms with Crippen molar-refractivity contribution in [1.29, 1.82) is 0 Å². The summed E-state index contributed by atoms with van der Waals surface area (Å²) in [6.07, 6.45) is 2.69. The topological polar surface area (TPSA) is 82.2 Å². The van der Waals surface area contributed by atoms with E-state index in [1.807, 2.05) is 18.2 Å². The number of aromatic nitrogens is 1. The van der Waals surface area contributed by atoms with Crippen LogP contribution in [0.1, 0.15) is 21.5 Å². The molecule has 0 saturated carbocycles. The highest BCUT2D eigenvalue weighted by Gasteiger charge is 2.14. The monoisotopic (exact) mass is 448 g/mol. The number of carbonyl (C=O) groups is 1. The average molecular weight is 450 g/mol. The summed E-state index contributed by atoms with van der Waals surface area (Å²) in [5, 5.41) is 12.9. The zero-order valence-corrected chi connectivity index (χ0v) is 16.7. The second-order valence-electron chi connectivity index (χ2n) is 6.13. The molecule has 7 heteroatoms. The van der Waals surface area contributed by atoms with Crippen molar-refractivity contribution in [3.05, 3.63) is 74.0 Å². The van der Waals surface area contributed by atoms with E-state index in [2.05, 4.69) is 38.4 Å². The Balaban J connectivity index is 1.90. The summed E-state index contributed by atoms with van der Waals surface area (Å²) < 4.78 is 1.03. The minimum Gasteiger partial charge on any atom is -0.477 e. The van der Waals surface area contributed by atoms with E-state index in [1.165, 1.54) is 11.8 Å². The predicted molar refractivity (Wildman–Crippen MR) is 112 cm³/mol. The van der Waals surface area contributed by atoms with Crippen molar-refractivity contribution in [2.45, 2.75) is 12.8 Å². The number of pyridine rings is 1. The molecule has 0 atom stereocenters. The summed E-state index contributed by atoms with van der Waals surface area (Å²) in [5.41, 5.74) is 2.80. The molecule has 5 nitrogen and oxygen atoms in total. The van der Waals surface area contributed by atoms with Gasteiger partial charge in [0.1, 0.15) is 5.56 Å². The molecule has 0 aliphatic rings. The van der Waals surface area contributed by atoms with Crippen LogP contribution in [0.25, 0.3) is 10.9 Å². The molecular formula is C20H18BrClN2O3. The number of rotatable bonds is 7. The molecule has 0 bridgehead atoms. The molecule has 27 heavy (non-hydrogen) atoms. The molecule has 0 saturated heterocycles. The van der Waals surface area contributed by atoms with Gasteiger partial charge in [0.05, 0.1) is 0 Å². The van der Waals surface area contributed by atoms with Crippen molar-refractivity contribution in [2.75, 3.05) is 17.7 Å². The first-order chi connectivity index (χ1) is 13.0. The fraction of sp³-hybridized carbons (Fsp3) is 0.200. The second-order valence-corrected chi connectivity index (χ2v) is 7.43. The molecule has 0 radical (unpaired) electrons. The van der Waals surface area contributed by atoms with E-state index in [0.717, 1.165) is 22.1 Å². The number of aryl methyl sites for hydroxylation is 1. The van der Waals surface area contributed by atoms with Crippen LogP contribution in [0.3, 0.4) is 0 Å². The number of halogens is 2. The minimum atomic E-state index is -1.24. The number of hydrogen-bond acceptors (Lipinski definition) is 3. The lowest BCUT2D eigenvalue weighted by Crippen LogP contribution is -2.16. The Morgan fingerprint density at radius 1 is 1.19 bits per heavy atom. The Bertz CT molecular complexity index is 1030. The Morgan fingerprint density at radius 3 is 2.59 bits per heavy atom. The highest BCUT2D eigenvalue weighted by Crippen LogP contribution is 2.23. The van der Waals surface area contributed by atoms with E-state index in [4.69, 9.17) is 16.7 Å². The first-order valence-corrected chi connectivity index (χ1v) is 9.78. The third kappa shape index (κ3) is 4.51. The van der Waals surface area contributed by atoms with Crippen LogP contribution >= 0.6 is 27.5 Å². The van der Waals surface area contributed by atoms with Crippen LogP contribution in [0.4, 0.5) is 5.69 Å². The third-order valence-corrected chi connectivity index (χ3v) is 5.06. The first-order valence-electron chi connectivity index (χ1n) is 8.45. The van der Waals surface area contributed by atoms with E-state index in [1.54, 1.807) is 6.07 Å². The van der Waals surface area contributed by atoms with Gasteiger partial charge in [-0.2, -0.15) is 0 Å². The van der Waals surface area contributed by atoms with Gasteiger partial charge in [0.15, 0.2) is 0 Å². The summed E-state index contributed by atoms with van der Waals surface area (Å²) in [7, 11) is 0. The molecule has 0 spiro atoms.